The zero-order chi connectivity index (χ0) is 9.42. The minimum atomic E-state index is 1.05. The fourth-order valence-corrected chi connectivity index (χ4v) is 1.66. The molecule has 1 aromatic carbocycles. The van der Waals surface area contributed by atoms with Gasteiger partial charge in [0.25, 0.3) is 0 Å². The fourth-order valence-electron chi connectivity index (χ4n) is 1.66. The Morgan fingerprint density at radius 3 is 2.62 bits per heavy atom. The van der Waals surface area contributed by atoms with Crippen LogP contribution in [-0.2, 0) is 7.05 Å². The Morgan fingerprint density at radius 1 is 1.23 bits per heavy atom. The molecule has 0 fully saturated rings. The lowest BCUT2D eigenvalue weighted by molar-refractivity contribution is 0.765. The summed E-state index contributed by atoms with van der Waals surface area (Å²) in [6, 6.07) is 8.17. The van der Waals surface area contributed by atoms with E-state index >= 15 is 0 Å². The highest BCUT2D eigenvalue weighted by atomic mass is 15.3. The number of rotatable bonds is 1. The molecule has 0 amide bonds. The Balaban J connectivity index is 2.78. The third kappa shape index (κ3) is 1.16. The van der Waals surface area contributed by atoms with Crippen molar-refractivity contribution in [2.45, 2.75) is 0 Å². The summed E-state index contributed by atoms with van der Waals surface area (Å²) in [5, 5.41) is 5.61. The van der Waals surface area contributed by atoms with Gasteiger partial charge in [-0.15, -0.1) is 0 Å². The van der Waals surface area contributed by atoms with Gasteiger partial charge in [0, 0.05) is 26.5 Å². The van der Waals surface area contributed by atoms with Crippen molar-refractivity contribution in [1.29, 1.82) is 0 Å². The number of benzene rings is 1. The van der Waals surface area contributed by atoms with Gasteiger partial charge in [-0.2, -0.15) is 5.10 Å². The highest BCUT2D eigenvalue weighted by molar-refractivity contribution is 5.90. The molecule has 2 rings (SSSR count). The van der Waals surface area contributed by atoms with Gasteiger partial charge < -0.3 is 4.90 Å². The van der Waals surface area contributed by atoms with Crippen LogP contribution in [0, 0.1) is 0 Å². The third-order valence-corrected chi connectivity index (χ3v) is 2.13. The summed E-state index contributed by atoms with van der Waals surface area (Å²) in [6.07, 6.45) is 0. The summed E-state index contributed by atoms with van der Waals surface area (Å²) < 4.78 is 1.91. The maximum atomic E-state index is 4.41. The second kappa shape index (κ2) is 2.76. The molecule has 0 bridgehead atoms. The van der Waals surface area contributed by atoms with E-state index in [9.17, 15) is 0 Å². The highest BCUT2D eigenvalue weighted by Crippen LogP contribution is 2.23. The quantitative estimate of drug-likeness (QED) is 0.657. The number of hydrogen-bond donors (Lipinski definition) is 0. The first-order chi connectivity index (χ1) is 6.20. The summed E-state index contributed by atoms with van der Waals surface area (Å²) in [7, 11) is 6.03. The lowest BCUT2D eigenvalue weighted by Crippen LogP contribution is -2.13. The predicted molar refractivity (Wildman–Crippen MR) is 55.0 cm³/mol. The Labute approximate surface area is 77.6 Å². The number of fused-ring (bicyclic) bond motifs is 1. The molecule has 0 saturated heterocycles. The lowest BCUT2D eigenvalue weighted by atomic mass is 10.2. The van der Waals surface area contributed by atoms with Crippen molar-refractivity contribution < 1.29 is 0 Å². The minimum absolute atomic E-state index is 1.05. The molecular weight excluding hydrogens is 162 g/mol. The van der Waals surface area contributed by atoms with Gasteiger partial charge in [0.1, 0.15) is 5.82 Å². The maximum Gasteiger partial charge on any atom is 0.133 e. The molecule has 0 N–H and O–H groups in total. The summed E-state index contributed by atoms with van der Waals surface area (Å²) >= 11 is 0. The van der Waals surface area contributed by atoms with Crippen molar-refractivity contribution in [3.05, 3.63) is 24.3 Å². The maximum absolute atomic E-state index is 4.41. The molecule has 3 nitrogen and oxygen atoms in total. The first kappa shape index (κ1) is 8.10. The van der Waals surface area contributed by atoms with Crippen molar-refractivity contribution >= 4 is 16.7 Å². The Kier molecular flexibility index (Phi) is 1.72. The van der Waals surface area contributed by atoms with Crippen LogP contribution in [0.2, 0.25) is 0 Å². The van der Waals surface area contributed by atoms with Gasteiger partial charge in [-0.25, -0.2) is 0 Å². The van der Waals surface area contributed by atoms with E-state index in [0.29, 0.717) is 0 Å². The largest absolute Gasteiger partial charge is 0.362 e. The van der Waals surface area contributed by atoms with Crippen molar-refractivity contribution in [2.75, 3.05) is 19.0 Å². The van der Waals surface area contributed by atoms with Crippen molar-refractivity contribution in [3.8, 4) is 0 Å². The first-order valence-corrected chi connectivity index (χ1v) is 4.29. The van der Waals surface area contributed by atoms with Crippen LogP contribution in [0.1, 0.15) is 0 Å². The first-order valence-electron chi connectivity index (χ1n) is 4.29. The second-order valence-electron chi connectivity index (χ2n) is 3.36. The zero-order valence-corrected chi connectivity index (χ0v) is 8.15. The summed E-state index contributed by atoms with van der Waals surface area (Å²) in [4.78, 5) is 2.08. The molecular formula is C10H13N3. The Morgan fingerprint density at radius 2 is 1.92 bits per heavy atom. The normalized spacial score (nSPS) is 10.7. The van der Waals surface area contributed by atoms with Crippen LogP contribution in [0.15, 0.2) is 24.3 Å². The molecule has 1 aromatic heterocycles. The predicted octanol–water partition coefficient (Wildman–Crippen LogP) is 1.64. The van der Waals surface area contributed by atoms with Crippen molar-refractivity contribution in [1.82, 2.24) is 9.78 Å². The highest BCUT2D eigenvalue weighted by Gasteiger charge is 2.08. The van der Waals surface area contributed by atoms with E-state index < -0.39 is 0 Å². The number of anilines is 1. The number of aryl methyl sites for hydroxylation is 1. The summed E-state index contributed by atoms with van der Waals surface area (Å²) in [5.74, 6) is 1.15. The van der Waals surface area contributed by atoms with Crippen LogP contribution in [0.25, 0.3) is 10.9 Å². The second-order valence-corrected chi connectivity index (χ2v) is 3.36. The lowest BCUT2D eigenvalue weighted by Gasteiger charge is -2.12. The molecule has 0 unspecified atom stereocenters. The van der Waals surface area contributed by atoms with E-state index in [1.54, 1.807) is 0 Å². The van der Waals surface area contributed by atoms with Gasteiger partial charge in [-0.1, -0.05) is 12.1 Å². The van der Waals surface area contributed by atoms with E-state index in [4.69, 9.17) is 0 Å². The van der Waals surface area contributed by atoms with E-state index in [1.807, 2.05) is 44.0 Å². The molecule has 2 aromatic rings. The van der Waals surface area contributed by atoms with E-state index in [-0.39, 0.29) is 0 Å². The third-order valence-electron chi connectivity index (χ3n) is 2.13. The van der Waals surface area contributed by atoms with Crippen LogP contribution in [-0.4, -0.2) is 23.9 Å². The summed E-state index contributed by atoms with van der Waals surface area (Å²) in [5.41, 5.74) is 1.05. The molecule has 0 aliphatic carbocycles. The van der Waals surface area contributed by atoms with Crippen LogP contribution >= 0.6 is 0 Å². The minimum Gasteiger partial charge on any atom is -0.362 e. The molecule has 0 spiro atoms. The molecule has 0 saturated carbocycles. The Bertz CT molecular complexity index is 429. The van der Waals surface area contributed by atoms with Crippen LogP contribution in [0.5, 0.6) is 0 Å². The van der Waals surface area contributed by atoms with Gasteiger partial charge in [0.15, 0.2) is 0 Å². The molecule has 3 heteroatoms. The van der Waals surface area contributed by atoms with Gasteiger partial charge in [0.2, 0.25) is 0 Å². The van der Waals surface area contributed by atoms with Crippen molar-refractivity contribution in [2.24, 2.45) is 7.05 Å². The van der Waals surface area contributed by atoms with E-state index in [1.165, 1.54) is 5.39 Å². The number of nitrogens with zero attached hydrogens (tertiary/aromatic N) is 3. The fraction of sp³-hybridized carbons (Fsp3) is 0.300. The molecule has 0 atom stereocenters. The topological polar surface area (TPSA) is 21.1 Å². The molecule has 68 valence electrons. The number of aromatic nitrogens is 2. The molecule has 13 heavy (non-hydrogen) atoms. The smallest absolute Gasteiger partial charge is 0.133 e. The number of hydrogen-bond acceptors (Lipinski definition) is 2. The summed E-state index contributed by atoms with van der Waals surface area (Å²) in [6.45, 7) is 0. The van der Waals surface area contributed by atoms with E-state index in [0.717, 1.165) is 11.3 Å². The standard InChI is InChI=1S/C10H13N3/c1-12(2)10-8-6-4-5-7-9(8)11-13(10)3/h4-7H,1-3H3. The van der Waals surface area contributed by atoms with Crippen LogP contribution < -0.4 is 4.90 Å². The van der Waals surface area contributed by atoms with Gasteiger partial charge in [0.05, 0.1) is 5.52 Å². The zero-order valence-electron chi connectivity index (χ0n) is 8.15. The van der Waals surface area contributed by atoms with Gasteiger partial charge in [-0.3, -0.25) is 4.68 Å². The van der Waals surface area contributed by atoms with Gasteiger partial charge in [-0.05, 0) is 12.1 Å². The monoisotopic (exact) mass is 175 g/mol. The van der Waals surface area contributed by atoms with Crippen LogP contribution in [0.3, 0.4) is 0 Å². The van der Waals surface area contributed by atoms with Crippen molar-refractivity contribution in [3.63, 3.8) is 0 Å². The average Bonchev–Trinajstić information content (AvgIpc) is 2.39. The molecule has 0 radical (unpaired) electrons. The SMILES string of the molecule is CN(C)c1c2ccccc2nn1C. The Hall–Kier alpha value is -1.51. The molecule has 0 aliphatic heterocycles. The van der Waals surface area contributed by atoms with Crippen LogP contribution in [0.4, 0.5) is 5.82 Å². The average molecular weight is 175 g/mol. The molecule has 1 heterocycles. The van der Waals surface area contributed by atoms with E-state index in [2.05, 4.69) is 16.1 Å². The van der Waals surface area contributed by atoms with Gasteiger partial charge >= 0.3 is 0 Å². The molecule has 0 aliphatic rings.